The van der Waals surface area contributed by atoms with Gasteiger partial charge >= 0.3 is 5.97 Å². The fourth-order valence-corrected chi connectivity index (χ4v) is 4.01. The summed E-state index contributed by atoms with van der Waals surface area (Å²) in [5, 5.41) is 10.3. The van der Waals surface area contributed by atoms with E-state index in [1.807, 2.05) is 6.92 Å². The van der Waals surface area contributed by atoms with E-state index in [-0.39, 0.29) is 16.7 Å². The monoisotopic (exact) mass is 508 g/mol. The SMILES string of the molecule is CC[C@@H](C)OC(=O)CN1C(=O)S/C(=C/c2ccc(-c3ccc([N+](=O)[O-])cc3Br)o2)C1=O. The highest BCUT2D eigenvalue weighted by Crippen LogP contribution is 2.35. The van der Waals surface area contributed by atoms with E-state index in [4.69, 9.17) is 9.15 Å². The van der Waals surface area contributed by atoms with Gasteiger partial charge in [-0.05, 0) is 59.2 Å². The number of imide groups is 1. The van der Waals surface area contributed by atoms with Gasteiger partial charge in [-0.15, -0.1) is 0 Å². The van der Waals surface area contributed by atoms with Crippen molar-refractivity contribution >= 4 is 56.6 Å². The molecule has 0 unspecified atom stereocenters. The maximum absolute atomic E-state index is 12.5. The number of amides is 2. The van der Waals surface area contributed by atoms with Crippen LogP contribution in [-0.2, 0) is 14.3 Å². The molecule has 1 saturated heterocycles. The van der Waals surface area contributed by atoms with Crippen LogP contribution < -0.4 is 0 Å². The summed E-state index contributed by atoms with van der Waals surface area (Å²) in [4.78, 5) is 47.9. The first-order valence-corrected chi connectivity index (χ1v) is 10.8. The molecule has 1 aliphatic heterocycles. The summed E-state index contributed by atoms with van der Waals surface area (Å²) < 4.78 is 11.3. The van der Waals surface area contributed by atoms with E-state index >= 15 is 0 Å². The second kappa shape index (κ2) is 9.48. The summed E-state index contributed by atoms with van der Waals surface area (Å²) in [6.45, 7) is 3.13. The Morgan fingerprint density at radius 2 is 2.10 bits per heavy atom. The molecule has 1 fully saturated rings. The van der Waals surface area contributed by atoms with Crippen molar-refractivity contribution in [3.63, 3.8) is 0 Å². The van der Waals surface area contributed by atoms with Crippen LogP contribution in [0.2, 0.25) is 0 Å². The molecule has 11 heteroatoms. The summed E-state index contributed by atoms with van der Waals surface area (Å²) in [5.41, 5.74) is 0.522. The summed E-state index contributed by atoms with van der Waals surface area (Å²) in [5.74, 6) is -0.524. The van der Waals surface area contributed by atoms with Crippen LogP contribution >= 0.6 is 27.7 Å². The van der Waals surface area contributed by atoms with Gasteiger partial charge in [0.1, 0.15) is 18.1 Å². The molecule has 0 saturated carbocycles. The van der Waals surface area contributed by atoms with Gasteiger partial charge < -0.3 is 9.15 Å². The molecular formula is C20H17BrN2O7S. The Morgan fingerprint density at radius 1 is 1.35 bits per heavy atom. The maximum Gasteiger partial charge on any atom is 0.326 e. The Morgan fingerprint density at radius 3 is 2.74 bits per heavy atom. The molecule has 0 bridgehead atoms. The molecular weight excluding hydrogens is 492 g/mol. The van der Waals surface area contributed by atoms with Gasteiger partial charge in [0.05, 0.1) is 15.9 Å². The lowest BCUT2D eigenvalue weighted by Gasteiger charge is -2.14. The zero-order chi connectivity index (χ0) is 22.7. The van der Waals surface area contributed by atoms with Crippen molar-refractivity contribution in [2.24, 2.45) is 0 Å². The Kier molecular flexibility index (Phi) is 6.96. The standard InChI is InChI=1S/C20H17BrN2O7S/c1-3-11(2)29-18(24)10-22-19(25)17(31-20(22)26)9-13-5-7-16(30-13)14-6-4-12(23(27)28)8-15(14)21/h4-9,11H,3,10H2,1-2H3/b17-9+/t11-/m1/s1. The summed E-state index contributed by atoms with van der Waals surface area (Å²) in [6.07, 6.45) is 1.73. The highest BCUT2D eigenvalue weighted by Gasteiger charge is 2.37. The number of hydrogen-bond donors (Lipinski definition) is 0. The number of carbonyl (C=O) groups excluding carboxylic acids is 3. The third-order valence-corrected chi connectivity index (χ3v) is 5.96. The predicted molar refractivity (Wildman–Crippen MR) is 117 cm³/mol. The maximum atomic E-state index is 12.5. The first-order valence-electron chi connectivity index (χ1n) is 9.18. The third kappa shape index (κ3) is 5.23. The van der Waals surface area contributed by atoms with E-state index in [0.29, 0.717) is 39.7 Å². The van der Waals surface area contributed by atoms with E-state index in [1.165, 1.54) is 18.2 Å². The van der Waals surface area contributed by atoms with E-state index in [1.54, 1.807) is 25.1 Å². The van der Waals surface area contributed by atoms with Crippen LogP contribution in [-0.4, -0.2) is 39.6 Å². The van der Waals surface area contributed by atoms with Gasteiger partial charge in [0, 0.05) is 28.2 Å². The lowest BCUT2D eigenvalue weighted by molar-refractivity contribution is -0.384. The number of carbonyl (C=O) groups is 3. The minimum absolute atomic E-state index is 0.0667. The molecule has 3 rings (SSSR count). The number of hydrogen-bond acceptors (Lipinski definition) is 8. The highest BCUT2D eigenvalue weighted by atomic mass is 79.9. The number of halogens is 1. The molecule has 1 atom stereocenters. The molecule has 1 aromatic carbocycles. The zero-order valence-corrected chi connectivity index (χ0v) is 18.9. The van der Waals surface area contributed by atoms with Crippen LogP contribution in [0.25, 0.3) is 17.4 Å². The molecule has 1 aliphatic rings. The molecule has 162 valence electrons. The Bertz CT molecular complexity index is 1090. The first-order chi connectivity index (χ1) is 14.7. The number of rotatable bonds is 7. The van der Waals surface area contributed by atoms with E-state index in [2.05, 4.69) is 15.9 Å². The number of esters is 1. The number of nitro groups is 1. The highest BCUT2D eigenvalue weighted by molar-refractivity contribution is 9.10. The second-order valence-corrected chi connectivity index (χ2v) is 8.45. The number of thioether (sulfide) groups is 1. The largest absolute Gasteiger partial charge is 0.461 e. The molecule has 31 heavy (non-hydrogen) atoms. The normalized spacial score (nSPS) is 16.1. The van der Waals surface area contributed by atoms with E-state index < -0.39 is 28.6 Å². The number of nitrogens with zero attached hydrogens (tertiary/aromatic N) is 2. The van der Waals surface area contributed by atoms with Gasteiger partial charge in [-0.1, -0.05) is 6.92 Å². The zero-order valence-electron chi connectivity index (χ0n) is 16.5. The van der Waals surface area contributed by atoms with Gasteiger partial charge in [0.2, 0.25) is 0 Å². The van der Waals surface area contributed by atoms with E-state index in [9.17, 15) is 24.5 Å². The summed E-state index contributed by atoms with van der Waals surface area (Å²) >= 11 is 3.99. The van der Waals surface area contributed by atoms with Gasteiger partial charge in [-0.2, -0.15) is 0 Å². The number of non-ortho nitro benzene ring substituents is 1. The van der Waals surface area contributed by atoms with Crippen LogP contribution in [0, 0.1) is 10.1 Å². The fourth-order valence-electron chi connectivity index (χ4n) is 2.63. The summed E-state index contributed by atoms with van der Waals surface area (Å²) in [6, 6.07) is 7.51. The quantitative estimate of drug-likeness (QED) is 0.222. The molecule has 2 aromatic rings. The molecule has 1 aromatic heterocycles. The topological polar surface area (TPSA) is 120 Å². The first kappa shape index (κ1) is 22.8. The lowest BCUT2D eigenvalue weighted by Crippen LogP contribution is -2.35. The van der Waals surface area contributed by atoms with Crippen LogP contribution in [0.4, 0.5) is 10.5 Å². The Hall–Kier alpha value is -2.92. The fraction of sp³-hybridized carbons (Fsp3) is 0.250. The molecule has 2 heterocycles. The predicted octanol–water partition coefficient (Wildman–Crippen LogP) is 5.00. The number of benzene rings is 1. The Balaban J connectivity index is 1.75. The lowest BCUT2D eigenvalue weighted by atomic mass is 10.1. The summed E-state index contributed by atoms with van der Waals surface area (Å²) in [7, 11) is 0. The third-order valence-electron chi connectivity index (χ3n) is 4.40. The second-order valence-electron chi connectivity index (χ2n) is 6.60. The van der Waals surface area contributed by atoms with Gasteiger partial charge in [-0.25, -0.2) is 0 Å². The van der Waals surface area contributed by atoms with Crippen molar-refractivity contribution in [3.05, 3.63) is 55.6 Å². The smallest absolute Gasteiger partial charge is 0.326 e. The number of nitro benzene ring substituents is 1. The van der Waals surface area contributed by atoms with Crippen LogP contribution in [0.15, 0.2) is 44.1 Å². The molecule has 0 spiro atoms. The van der Waals surface area contributed by atoms with Crippen LogP contribution in [0.1, 0.15) is 26.0 Å². The average Bonchev–Trinajstić information content (AvgIpc) is 3.28. The van der Waals surface area contributed by atoms with Crippen molar-refractivity contribution in [1.29, 1.82) is 0 Å². The van der Waals surface area contributed by atoms with E-state index in [0.717, 1.165) is 4.90 Å². The van der Waals surface area contributed by atoms with Crippen LogP contribution in [0.5, 0.6) is 0 Å². The Labute approximate surface area is 189 Å². The molecule has 0 radical (unpaired) electrons. The minimum atomic E-state index is -0.652. The van der Waals surface area contributed by atoms with Gasteiger partial charge in [0.15, 0.2) is 0 Å². The number of furan rings is 1. The average molecular weight is 509 g/mol. The molecule has 2 amide bonds. The van der Waals surface area contributed by atoms with Crippen molar-refractivity contribution in [3.8, 4) is 11.3 Å². The van der Waals surface area contributed by atoms with Crippen molar-refractivity contribution in [2.45, 2.75) is 26.4 Å². The number of ether oxygens (including phenoxy) is 1. The van der Waals surface area contributed by atoms with Crippen molar-refractivity contribution < 1.29 is 28.5 Å². The van der Waals surface area contributed by atoms with Crippen molar-refractivity contribution in [1.82, 2.24) is 4.90 Å². The van der Waals surface area contributed by atoms with Gasteiger partial charge in [0.25, 0.3) is 16.8 Å². The molecule has 9 nitrogen and oxygen atoms in total. The molecule has 0 N–H and O–H groups in total. The van der Waals surface area contributed by atoms with Crippen LogP contribution in [0.3, 0.4) is 0 Å². The van der Waals surface area contributed by atoms with Crippen molar-refractivity contribution in [2.75, 3.05) is 6.54 Å². The molecule has 0 aliphatic carbocycles. The van der Waals surface area contributed by atoms with Gasteiger partial charge in [-0.3, -0.25) is 29.4 Å². The minimum Gasteiger partial charge on any atom is -0.461 e.